The lowest BCUT2D eigenvalue weighted by Gasteiger charge is -2.22. The molecule has 1 aromatic carbocycles. The van der Waals surface area contributed by atoms with Crippen LogP contribution in [0.4, 0.5) is 0 Å². The monoisotopic (exact) mass is 262 g/mol. The predicted molar refractivity (Wildman–Crippen MR) is 60.0 cm³/mol. The minimum absolute atomic E-state index is 0.0837. The molecule has 1 aliphatic rings. The maximum Gasteiger partial charge on any atom is 0.235 e. The zero-order valence-electron chi connectivity index (χ0n) is 8.35. The molecule has 4 nitrogen and oxygen atoms in total. The molecule has 0 fully saturated rings. The number of aromatic hydroxyl groups is 1. The van der Waals surface area contributed by atoms with Gasteiger partial charge in [0, 0.05) is 16.2 Å². The quantitative estimate of drug-likeness (QED) is 0.783. The standard InChI is InChI=1S/C10H11ClO4S/c11-16(14,15)6-10(13)5-4-7-8(10)2-1-3-9(7)12/h1-3,12-13H,4-6H2. The summed E-state index contributed by atoms with van der Waals surface area (Å²) in [7, 11) is 1.38. The Morgan fingerprint density at radius 1 is 1.44 bits per heavy atom. The number of benzene rings is 1. The van der Waals surface area contributed by atoms with E-state index in [4.69, 9.17) is 10.7 Å². The zero-order chi connectivity index (χ0) is 12.0. The van der Waals surface area contributed by atoms with Crippen molar-refractivity contribution in [2.45, 2.75) is 18.4 Å². The van der Waals surface area contributed by atoms with Crippen LogP contribution in [-0.2, 0) is 21.1 Å². The highest BCUT2D eigenvalue weighted by molar-refractivity contribution is 8.13. The van der Waals surface area contributed by atoms with Crippen molar-refractivity contribution in [2.75, 3.05) is 5.75 Å². The topological polar surface area (TPSA) is 74.6 Å². The Balaban J connectivity index is 2.47. The fourth-order valence-electron chi connectivity index (χ4n) is 2.17. The van der Waals surface area contributed by atoms with Crippen LogP contribution in [0.2, 0.25) is 0 Å². The van der Waals surface area contributed by atoms with Crippen LogP contribution in [0.15, 0.2) is 18.2 Å². The molecule has 0 heterocycles. The molecule has 1 unspecified atom stereocenters. The van der Waals surface area contributed by atoms with Crippen molar-refractivity contribution in [3.8, 4) is 5.75 Å². The van der Waals surface area contributed by atoms with Gasteiger partial charge in [-0.1, -0.05) is 12.1 Å². The Morgan fingerprint density at radius 2 is 2.12 bits per heavy atom. The number of fused-ring (bicyclic) bond motifs is 1. The van der Waals surface area contributed by atoms with E-state index in [2.05, 4.69) is 0 Å². The van der Waals surface area contributed by atoms with Crippen LogP contribution in [0.25, 0.3) is 0 Å². The summed E-state index contributed by atoms with van der Waals surface area (Å²) in [6.45, 7) is 0. The highest BCUT2D eigenvalue weighted by Gasteiger charge is 2.41. The lowest BCUT2D eigenvalue weighted by Crippen LogP contribution is -2.30. The highest BCUT2D eigenvalue weighted by Crippen LogP contribution is 2.41. The summed E-state index contributed by atoms with van der Waals surface area (Å²) in [4.78, 5) is 0. The maximum absolute atomic E-state index is 11.0. The summed E-state index contributed by atoms with van der Waals surface area (Å²) in [6.07, 6.45) is 0.705. The van der Waals surface area contributed by atoms with Crippen LogP contribution in [-0.4, -0.2) is 24.4 Å². The van der Waals surface area contributed by atoms with Crippen LogP contribution in [0.3, 0.4) is 0 Å². The summed E-state index contributed by atoms with van der Waals surface area (Å²) in [5, 5.41) is 19.8. The molecule has 0 saturated carbocycles. The third-order valence-corrected chi connectivity index (χ3v) is 4.00. The summed E-state index contributed by atoms with van der Waals surface area (Å²) in [6, 6.07) is 4.70. The normalized spacial score (nSPS) is 24.4. The Kier molecular flexibility index (Phi) is 2.64. The van der Waals surface area contributed by atoms with Crippen molar-refractivity contribution >= 4 is 19.7 Å². The van der Waals surface area contributed by atoms with E-state index in [0.717, 1.165) is 0 Å². The van der Waals surface area contributed by atoms with E-state index in [9.17, 15) is 18.6 Å². The van der Waals surface area contributed by atoms with E-state index < -0.39 is 20.4 Å². The molecular weight excluding hydrogens is 252 g/mol. The summed E-state index contributed by atoms with van der Waals surface area (Å²) >= 11 is 0. The first-order chi connectivity index (χ1) is 7.32. The molecule has 0 spiro atoms. The van der Waals surface area contributed by atoms with E-state index >= 15 is 0 Å². The molecule has 0 aromatic heterocycles. The van der Waals surface area contributed by atoms with Crippen LogP contribution in [0.1, 0.15) is 17.5 Å². The molecule has 16 heavy (non-hydrogen) atoms. The average Bonchev–Trinajstić information content (AvgIpc) is 2.42. The van der Waals surface area contributed by atoms with Gasteiger partial charge < -0.3 is 10.2 Å². The number of phenolic OH excluding ortho intramolecular Hbond substituents is 1. The first-order valence-electron chi connectivity index (χ1n) is 4.78. The molecular formula is C10H11ClO4S. The first kappa shape index (κ1) is 11.7. The van der Waals surface area contributed by atoms with Crippen molar-refractivity contribution in [1.82, 2.24) is 0 Å². The van der Waals surface area contributed by atoms with Gasteiger partial charge in [0.05, 0.1) is 5.75 Å². The molecule has 1 aromatic rings. The van der Waals surface area contributed by atoms with Gasteiger partial charge in [-0.3, -0.25) is 0 Å². The molecule has 2 rings (SSSR count). The Labute approximate surface area is 97.9 Å². The van der Waals surface area contributed by atoms with Crippen molar-refractivity contribution in [2.24, 2.45) is 0 Å². The second kappa shape index (κ2) is 3.61. The highest BCUT2D eigenvalue weighted by atomic mass is 35.7. The van der Waals surface area contributed by atoms with Crippen molar-refractivity contribution in [3.63, 3.8) is 0 Å². The van der Waals surface area contributed by atoms with Gasteiger partial charge in [0.1, 0.15) is 11.4 Å². The number of rotatable bonds is 2. The average molecular weight is 263 g/mol. The Hall–Kier alpha value is -0.780. The van der Waals surface area contributed by atoms with Crippen molar-refractivity contribution < 1.29 is 18.6 Å². The number of phenols is 1. The molecule has 1 aliphatic carbocycles. The van der Waals surface area contributed by atoms with Gasteiger partial charge in [-0.05, 0) is 24.5 Å². The van der Waals surface area contributed by atoms with Gasteiger partial charge in [-0.2, -0.15) is 0 Å². The maximum atomic E-state index is 11.0. The van der Waals surface area contributed by atoms with E-state index in [0.29, 0.717) is 17.5 Å². The fraction of sp³-hybridized carbons (Fsp3) is 0.400. The van der Waals surface area contributed by atoms with Crippen molar-refractivity contribution in [3.05, 3.63) is 29.3 Å². The largest absolute Gasteiger partial charge is 0.508 e. The van der Waals surface area contributed by atoms with Crippen LogP contribution in [0, 0.1) is 0 Å². The molecule has 6 heteroatoms. The molecule has 0 bridgehead atoms. The molecule has 0 aliphatic heterocycles. The Bertz CT molecular complexity index is 526. The van der Waals surface area contributed by atoms with Gasteiger partial charge in [0.15, 0.2) is 0 Å². The van der Waals surface area contributed by atoms with Crippen LogP contribution >= 0.6 is 10.7 Å². The van der Waals surface area contributed by atoms with E-state index in [1.165, 1.54) is 6.07 Å². The number of halogens is 1. The van der Waals surface area contributed by atoms with E-state index in [1.54, 1.807) is 12.1 Å². The van der Waals surface area contributed by atoms with Gasteiger partial charge in [-0.15, -0.1) is 0 Å². The number of hydrogen-bond donors (Lipinski definition) is 2. The van der Waals surface area contributed by atoms with Gasteiger partial charge in [0.2, 0.25) is 9.05 Å². The van der Waals surface area contributed by atoms with Crippen LogP contribution < -0.4 is 0 Å². The SMILES string of the molecule is O=S(=O)(Cl)CC1(O)CCc2c(O)cccc21. The van der Waals surface area contributed by atoms with Gasteiger partial charge in [-0.25, -0.2) is 8.42 Å². The first-order valence-corrected chi connectivity index (χ1v) is 7.26. The molecule has 0 radical (unpaired) electrons. The molecule has 1 atom stereocenters. The molecule has 0 saturated heterocycles. The minimum atomic E-state index is -3.78. The summed E-state index contributed by atoms with van der Waals surface area (Å²) < 4.78 is 22.1. The lowest BCUT2D eigenvalue weighted by molar-refractivity contribution is 0.0633. The van der Waals surface area contributed by atoms with Gasteiger partial charge >= 0.3 is 0 Å². The van der Waals surface area contributed by atoms with Gasteiger partial charge in [0.25, 0.3) is 0 Å². The molecule has 88 valence electrons. The lowest BCUT2D eigenvalue weighted by atomic mass is 9.98. The Morgan fingerprint density at radius 3 is 2.75 bits per heavy atom. The summed E-state index contributed by atoms with van der Waals surface area (Å²) in [5.41, 5.74) is -0.420. The zero-order valence-corrected chi connectivity index (χ0v) is 9.92. The van der Waals surface area contributed by atoms with Crippen molar-refractivity contribution in [1.29, 1.82) is 0 Å². The second-order valence-electron chi connectivity index (χ2n) is 4.02. The predicted octanol–water partition coefficient (Wildman–Crippen LogP) is 1.09. The minimum Gasteiger partial charge on any atom is -0.508 e. The molecule has 2 N–H and O–H groups in total. The third kappa shape index (κ3) is 2.03. The third-order valence-electron chi connectivity index (χ3n) is 2.85. The molecule has 0 amide bonds. The second-order valence-corrected chi connectivity index (χ2v) is 6.79. The number of hydrogen-bond acceptors (Lipinski definition) is 4. The fourth-order valence-corrected chi connectivity index (χ4v) is 3.59. The summed E-state index contributed by atoms with van der Waals surface area (Å²) in [5.74, 6) is -0.446. The smallest absolute Gasteiger partial charge is 0.235 e. The van der Waals surface area contributed by atoms with Crippen LogP contribution in [0.5, 0.6) is 5.75 Å². The van der Waals surface area contributed by atoms with E-state index in [1.807, 2.05) is 0 Å². The van der Waals surface area contributed by atoms with E-state index in [-0.39, 0.29) is 12.2 Å². The number of aliphatic hydroxyl groups is 1.